The van der Waals surface area contributed by atoms with Crippen molar-refractivity contribution in [3.63, 3.8) is 0 Å². The Morgan fingerprint density at radius 3 is 2.32 bits per heavy atom. The van der Waals surface area contributed by atoms with Crippen molar-refractivity contribution in [2.75, 3.05) is 0 Å². The summed E-state index contributed by atoms with van der Waals surface area (Å²) in [5, 5.41) is 8.11. The van der Waals surface area contributed by atoms with Crippen molar-refractivity contribution in [2.24, 2.45) is 0 Å². The first-order valence-electron chi connectivity index (χ1n) is 6.77. The molecule has 104 valence electrons. The number of nitrogens with one attached hydrogen (secondary N) is 2. The predicted molar refractivity (Wildman–Crippen MR) is 79.7 cm³/mol. The Balaban J connectivity index is 2.36. The fourth-order valence-electron chi connectivity index (χ4n) is 2.11. The molecule has 0 amide bonds. The number of ether oxygens (including phenoxy) is 1. The highest BCUT2D eigenvalue weighted by atomic mass is 16.5. The van der Waals surface area contributed by atoms with Gasteiger partial charge in [0.15, 0.2) is 0 Å². The number of rotatable bonds is 1. The molecular weight excluding hydrogens is 236 g/mol. The van der Waals surface area contributed by atoms with E-state index in [2.05, 4.69) is 31.8 Å². The van der Waals surface area contributed by atoms with E-state index in [4.69, 9.17) is 10.1 Å². The summed E-state index contributed by atoms with van der Waals surface area (Å²) < 4.78 is 5.86. The van der Waals surface area contributed by atoms with E-state index in [9.17, 15) is 0 Å². The van der Waals surface area contributed by atoms with Crippen molar-refractivity contribution in [1.82, 2.24) is 4.98 Å². The Kier molecular flexibility index (Phi) is 3.12. The third-order valence-electron chi connectivity index (χ3n) is 3.10. The van der Waals surface area contributed by atoms with Crippen LogP contribution in [0.2, 0.25) is 0 Å². The standard InChI is InChI=1S/C16H24N2O/c1-15(2,3)14-8-10-7-11(17)13(9-12(10)18-14)19-16(4,5)6/h8-9,17-18H,7H2,1-6H3. The second-order valence-corrected chi connectivity index (χ2v) is 7.25. The van der Waals surface area contributed by atoms with Crippen LogP contribution in [0.5, 0.6) is 0 Å². The number of hydrogen-bond donors (Lipinski definition) is 2. The van der Waals surface area contributed by atoms with E-state index in [1.54, 1.807) is 0 Å². The normalized spacial score (nSPS) is 16.1. The molecule has 0 unspecified atom stereocenters. The number of aromatic amines is 1. The van der Waals surface area contributed by atoms with E-state index in [-0.39, 0.29) is 11.0 Å². The summed E-state index contributed by atoms with van der Waals surface area (Å²) >= 11 is 0. The summed E-state index contributed by atoms with van der Waals surface area (Å²) in [4.78, 5) is 3.46. The van der Waals surface area contributed by atoms with Crippen LogP contribution in [-0.2, 0) is 16.6 Å². The van der Waals surface area contributed by atoms with Crippen LogP contribution >= 0.6 is 0 Å². The van der Waals surface area contributed by atoms with Gasteiger partial charge in [0.25, 0.3) is 0 Å². The number of allylic oxidation sites excluding steroid dienone is 1. The topological polar surface area (TPSA) is 48.9 Å². The molecule has 3 heteroatoms. The Morgan fingerprint density at radius 2 is 1.79 bits per heavy atom. The van der Waals surface area contributed by atoms with Gasteiger partial charge < -0.3 is 15.1 Å². The first-order chi connectivity index (χ1) is 8.56. The molecule has 0 spiro atoms. The minimum absolute atomic E-state index is 0.0957. The van der Waals surface area contributed by atoms with Gasteiger partial charge in [0, 0.05) is 29.3 Å². The molecule has 0 saturated carbocycles. The summed E-state index contributed by atoms with van der Waals surface area (Å²) in [5.41, 5.74) is 3.87. The molecule has 1 aromatic heterocycles. The van der Waals surface area contributed by atoms with Crippen LogP contribution in [0, 0.1) is 5.41 Å². The monoisotopic (exact) mass is 260 g/mol. The van der Waals surface area contributed by atoms with Gasteiger partial charge in [0.05, 0.1) is 5.71 Å². The van der Waals surface area contributed by atoms with Crippen LogP contribution in [0.25, 0.3) is 6.08 Å². The maximum Gasteiger partial charge on any atom is 0.143 e. The molecule has 0 radical (unpaired) electrons. The van der Waals surface area contributed by atoms with Gasteiger partial charge in [-0.2, -0.15) is 0 Å². The average Bonchev–Trinajstić information content (AvgIpc) is 2.58. The van der Waals surface area contributed by atoms with Crippen molar-refractivity contribution >= 4 is 11.8 Å². The fourth-order valence-corrected chi connectivity index (χ4v) is 2.11. The summed E-state index contributed by atoms with van der Waals surface area (Å²) in [7, 11) is 0. The molecule has 1 aromatic rings. The summed E-state index contributed by atoms with van der Waals surface area (Å²) in [6, 6.07) is 2.17. The zero-order chi connectivity index (χ0) is 14.4. The molecule has 3 nitrogen and oxygen atoms in total. The van der Waals surface area contributed by atoms with Crippen molar-refractivity contribution in [3.8, 4) is 0 Å². The first kappa shape index (κ1) is 13.9. The van der Waals surface area contributed by atoms with E-state index < -0.39 is 0 Å². The van der Waals surface area contributed by atoms with Gasteiger partial charge in [-0.1, -0.05) is 20.8 Å². The lowest BCUT2D eigenvalue weighted by atomic mass is 9.91. The molecule has 0 saturated heterocycles. The summed E-state index contributed by atoms with van der Waals surface area (Å²) in [6.45, 7) is 12.6. The fraction of sp³-hybridized carbons (Fsp3) is 0.562. The second kappa shape index (κ2) is 4.26. The Hall–Kier alpha value is -1.51. The Morgan fingerprint density at radius 1 is 1.16 bits per heavy atom. The molecule has 1 aliphatic rings. The van der Waals surface area contributed by atoms with Gasteiger partial charge in [0.1, 0.15) is 11.4 Å². The molecule has 1 aliphatic carbocycles. The third kappa shape index (κ3) is 3.09. The molecule has 1 heterocycles. The van der Waals surface area contributed by atoms with E-state index >= 15 is 0 Å². The molecule has 0 aromatic carbocycles. The lowest BCUT2D eigenvalue weighted by molar-refractivity contribution is 0.0653. The van der Waals surface area contributed by atoms with Crippen LogP contribution in [0.4, 0.5) is 0 Å². The number of fused-ring (bicyclic) bond motifs is 1. The van der Waals surface area contributed by atoms with E-state index in [0.29, 0.717) is 17.9 Å². The highest BCUT2D eigenvalue weighted by Crippen LogP contribution is 2.30. The lowest BCUT2D eigenvalue weighted by Gasteiger charge is -2.25. The zero-order valence-electron chi connectivity index (χ0n) is 12.8. The molecule has 19 heavy (non-hydrogen) atoms. The zero-order valence-corrected chi connectivity index (χ0v) is 12.8. The van der Waals surface area contributed by atoms with Crippen LogP contribution in [0.1, 0.15) is 58.5 Å². The SMILES string of the molecule is CC(C)(C)OC1=Cc2[nH]c(C(C)(C)C)cc2CC1=N. The summed E-state index contributed by atoms with van der Waals surface area (Å²) in [5.74, 6) is 0.683. The van der Waals surface area contributed by atoms with Crippen LogP contribution < -0.4 is 0 Å². The van der Waals surface area contributed by atoms with Crippen molar-refractivity contribution in [1.29, 1.82) is 5.41 Å². The maximum atomic E-state index is 8.11. The molecule has 2 rings (SSSR count). The van der Waals surface area contributed by atoms with Crippen LogP contribution in [0.3, 0.4) is 0 Å². The third-order valence-corrected chi connectivity index (χ3v) is 3.10. The van der Waals surface area contributed by atoms with Gasteiger partial charge >= 0.3 is 0 Å². The van der Waals surface area contributed by atoms with Crippen molar-refractivity contribution in [3.05, 3.63) is 28.8 Å². The van der Waals surface area contributed by atoms with Crippen molar-refractivity contribution in [2.45, 2.75) is 59.0 Å². The minimum atomic E-state index is -0.269. The van der Waals surface area contributed by atoms with Crippen LogP contribution in [-0.4, -0.2) is 16.3 Å². The largest absolute Gasteiger partial charge is 0.486 e. The minimum Gasteiger partial charge on any atom is -0.486 e. The predicted octanol–water partition coefficient (Wildman–Crippen LogP) is 4.04. The molecular formula is C16H24N2O. The first-order valence-corrected chi connectivity index (χ1v) is 6.77. The lowest BCUT2D eigenvalue weighted by Crippen LogP contribution is -2.24. The quantitative estimate of drug-likeness (QED) is 0.786. The van der Waals surface area contributed by atoms with Gasteiger partial charge in [-0.15, -0.1) is 0 Å². The van der Waals surface area contributed by atoms with Gasteiger partial charge in [0.2, 0.25) is 0 Å². The van der Waals surface area contributed by atoms with Gasteiger partial charge in [-0.3, -0.25) is 0 Å². The second-order valence-electron chi connectivity index (χ2n) is 7.25. The van der Waals surface area contributed by atoms with E-state index in [1.165, 1.54) is 11.3 Å². The molecule has 0 bridgehead atoms. The van der Waals surface area contributed by atoms with Crippen molar-refractivity contribution < 1.29 is 4.74 Å². The highest BCUT2D eigenvalue weighted by molar-refractivity contribution is 6.03. The molecule has 2 N–H and O–H groups in total. The average molecular weight is 260 g/mol. The van der Waals surface area contributed by atoms with E-state index in [0.717, 1.165) is 5.69 Å². The van der Waals surface area contributed by atoms with Crippen LogP contribution in [0.15, 0.2) is 11.8 Å². The Bertz CT molecular complexity index is 536. The number of aromatic nitrogens is 1. The molecule has 0 atom stereocenters. The molecule has 0 aliphatic heterocycles. The number of H-pyrrole nitrogens is 1. The van der Waals surface area contributed by atoms with E-state index in [1.807, 2.05) is 26.8 Å². The smallest absolute Gasteiger partial charge is 0.143 e. The molecule has 0 fully saturated rings. The summed E-state index contributed by atoms with van der Waals surface area (Å²) in [6.07, 6.45) is 2.60. The highest BCUT2D eigenvalue weighted by Gasteiger charge is 2.25. The van der Waals surface area contributed by atoms with Gasteiger partial charge in [-0.25, -0.2) is 0 Å². The maximum absolute atomic E-state index is 8.11. The number of hydrogen-bond acceptors (Lipinski definition) is 2. The Labute approximate surface area is 115 Å². The van der Waals surface area contributed by atoms with Gasteiger partial charge in [-0.05, 0) is 32.4 Å².